The summed E-state index contributed by atoms with van der Waals surface area (Å²) in [6.45, 7) is 2.54. The lowest BCUT2D eigenvalue weighted by molar-refractivity contribution is -0.138. The summed E-state index contributed by atoms with van der Waals surface area (Å²) >= 11 is 0. The van der Waals surface area contributed by atoms with Crippen molar-refractivity contribution in [3.05, 3.63) is 0 Å². The van der Waals surface area contributed by atoms with E-state index in [1.54, 1.807) is 0 Å². The van der Waals surface area contributed by atoms with Gasteiger partial charge in [-0.15, -0.1) is 0 Å². The number of aliphatic carboxylic acids is 1. The van der Waals surface area contributed by atoms with Gasteiger partial charge in [-0.25, -0.2) is 0 Å². The van der Waals surface area contributed by atoms with Gasteiger partial charge in [0.2, 0.25) is 5.91 Å². The lowest BCUT2D eigenvalue weighted by Gasteiger charge is -2.32. The van der Waals surface area contributed by atoms with Crippen LogP contribution < -0.4 is 5.32 Å². The van der Waals surface area contributed by atoms with E-state index in [0.717, 1.165) is 38.9 Å². The molecule has 0 spiro atoms. The average molecular weight is 282 g/mol. The third-order valence-electron chi connectivity index (χ3n) is 4.55. The summed E-state index contributed by atoms with van der Waals surface area (Å²) in [7, 11) is 0. The van der Waals surface area contributed by atoms with Crippen LogP contribution in [0.3, 0.4) is 0 Å². The summed E-state index contributed by atoms with van der Waals surface area (Å²) in [5.41, 5.74) is 0. The first kappa shape index (κ1) is 15.3. The van der Waals surface area contributed by atoms with Crippen LogP contribution in [0.15, 0.2) is 0 Å². The molecule has 2 rings (SSSR count). The molecular weight excluding hydrogens is 256 g/mol. The molecule has 2 fully saturated rings. The maximum Gasteiger partial charge on any atom is 0.303 e. The van der Waals surface area contributed by atoms with E-state index in [2.05, 4.69) is 5.32 Å². The highest BCUT2D eigenvalue weighted by molar-refractivity contribution is 5.76. The fraction of sp³-hybridized carbons (Fsp3) is 0.867. The molecule has 5 heteroatoms. The predicted octanol–water partition coefficient (Wildman–Crippen LogP) is 1.62. The standard InChI is InChI=1S/C15H26N2O3/c18-14(5-4-13-3-1-2-8-16-13)17-9-6-12(7-10-17)11-15(19)20/h12-13,16H,1-11H2,(H,19,20). The van der Waals surface area contributed by atoms with E-state index in [0.29, 0.717) is 12.5 Å². The first-order valence-corrected chi connectivity index (χ1v) is 7.88. The van der Waals surface area contributed by atoms with Crippen molar-refractivity contribution in [2.24, 2.45) is 5.92 Å². The first-order chi connectivity index (χ1) is 9.65. The van der Waals surface area contributed by atoms with Gasteiger partial charge < -0.3 is 15.3 Å². The van der Waals surface area contributed by atoms with E-state index in [-0.39, 0.29) is 18.2 Å². The molecule has 114 valence electrons. The molecule has 0 radical (unpaired) electrons. The second-order valence-corrected chi connectivity index (χ2v) is 6.11. The third kappa shape index (κ3) is 4.78. The summed E-state index contributed by atoms with van der Waals surface area (Å²) in [6, 6.07) is 0.511. The van der Waals surface area contributed by atoms with Gasteiger partial charge in [-0.05, 0) is 44.6 Å². The monoisotopic (exact) mass is 282 g/mol. The van der Waals surface area contributed by atoms with Gasteiger partial charge in [0, 0.05) is 32.0 Å². The van der Waals surface area contributed by atoms with E-state index >= 15 is 0 Å². The molecule has 0 aromatic rings. The summed E-state index contributed by atoms with van der Waals surface area (Å²) in [5.74, 6) is -0.235. The molecule has 0 bridgehead atoms. The van der Waals surface area contributed by atoms with Crippen LogP contribution in [0, 0.1) is 5.92 Å². The van der Waals surface area contributed by atoms with Gasteiger partial charge in [0.25, 0.3) is 0 Å². The Labute approximate surface area is 120 Å². The smallest absolute Gasteiger partial charge is 0.303 e. The highest BCUT2D eigenvalue weighted by Gasteiger charge is 2.24. The van der Waals surface area contributed by atoms with Gasteiger partial charge in [-0.1, -0.05) is 6.42 Å². The second kappa shape index (κ2) is 7.62. The number of carbonyl (C=O) groups is 2. The molecule has 20 heavy (non-hydrogen) atoms. The van der Waals surface area contributed by atoms with Crippen LogP contribution in [0.5, 0.6) is 0 Å². The number of carbonyl (C=O) groups excluding carboxylic acids is 1. The lowest BCUT2D eigenvalue weighted by Crippen LogP contribution is -2.40. The zero-order valence-electron chi connectivity index (χ0n) is 12.1. The van der Waals surface area contributed by atoms with Gasteiger partial charge in [-0.2, -0.15) is 0 Å². The van der Waals surface area contributed by atoms with Crippen LogP contribution in [-0.4, -0.2) is 47.6 Å². The number of rotatable bonds is 5. The zero-order valence-corrected chi connectivity index (χ0v) is 12.1. The summed E-state index contributed by atoms with van der Waals surface area (Å²) in [6.07, 6.45) is 7.19. The van der Waals surface area contributed by atoms with E-state index < -0.39 is 5.97 Å². The van der Waals surface area contributed by atoms with Crippen LogP contribution in [0.25, 0.3) is 0 Å². The number of amides is 1. The normalized spacial score (nSPS) is 24.6. The molecule has 2 aliphatic rings. The van der Waals surface area contributed by atoms with Crippen LogP contribution >= 0.6 is 0 Å². The molecule has 2 aliphatic heterocycles. The number of hydrogen-bond acceptors (Lipinski definition) is 3. The minimum Gasteiger partial charge on any atom is -0.481 e. The minimum absolute atomic E-state index is 0.242. The maximum atomic E-state index is 12.2. The quantitative estimate of drug-likeness (QED) is 0.804. The molecule has 2 heterocycles. The van der Waals surface area contributed by atoms with Gasteiger partial charge in [0.1, 0.15) is 0 Å². The van der Waals surface area contributed by atoms with Crippen molar-refractivity contribution in [2.75, 3.05) is 19.6 Å². The number of nitrogens with zero attached hydrogens (tertiary/aromatic N) is 1. The Hall–Kier alpha value is -1.10. The number of carboxylic acids is 1. The van der Waals surface area contributed by atoms with Gasteiger partial charge in [0.05, 0.1) is 0 Å². The molecule has 0 aromatic heterocycles. The van der Waals surface area contributed by atoms with Crippen molar-refractivity contribution < 1.29 is 14.7 Å². The van der Waals surface area contributed by atoms with Crippen molar-refractivity contribution >= 4 is 11.9 Å². The SMILES string of the molecule is O=C(O)CC1CCN(C(=O)CCC2CCCCN2)CC1. The molecule has 0 aromatic carbocycles. The number of carboxylic acid groups (broad SMARTS) is 1. The highest BCUT2D eigenvalue weighted by atomic mass is 16.4. The van der Waals surface area contributed by atoms with E-state index in [9.17, 15) is 9.59 Å². The Bertz CT molecular complexity index is 332. The molecule has 1 atom stereocenters. The number of nitrogens with one attached hydrogen (secondary N) is 1. The largest absolute Gasteiger partial charge is 0.481 e. The summed E-state index contributed by atoms with van der Waals surface area (Å²) in [5, 5.41) is 12.3. The first-order valence-electron chi connectivity index (χ1n) is 7.88. The van der Waals surface area contributed by atoms with Crippen molar-refractivity contribution in [1.29, 1.82) is 0 Å². The summed E-state index contributed by atoms with van der Waals surface area (Å²) in [4.78, 5) is 24.7. The Kier molecular flexibility index (Phi) is 5.83. The molecule has 2 saturated heterocycles. The van der Waals surface area contributed by atoms with Crippen LogP contribution in [-0.2, 0) is 9.59 Å². The van der Waals surface area contributed by atoms with Crippen LogP contribution in [0.2, 0.25) is 0 Å². The molecule has 0 aliphatic carbocycles. The molecule has 2 N–H and O–H groups in total. The Morgan fingerprint density at radius 1 is 1.15 bits per heavy atom. The van der Waals surface area contributed by atoms with E-state index in [1.807, 2.05) is 4.90 Å². The minimum atomic E-state index is -0.724. The molecule has 5 nitrogen and oxygen atoms in total. The molecule has 1 amide bonds. The zero-order chi connectivity index (χ0) is 14.4. The molecule has 0 saturated carbocycles. The number of hydrogen-bond donors (Lipinski definition) is 2. The second-order valence-electron chi connectivity index (χ2n) is 6.11. The fourth-order valence-corrected chi connectivity index (χ4v) is 3.26. The van der Waals surface area contributed by atoms with E-state index in [1.165, 1.54) is 19.3 Å². The fourth-order valence-electron chi connectivity index (χ4n) is 3.26. The van der Waals surface area contributed by atoms with E-state index in [4.69, 9.17) is 5.11 Å². The topological polar surface area (TPSA) is 69.6 Å². The maximum absolute atomic E-state index is 12.2. The predicted molar refractivity (Wildman–Crippen MR) is 76.4 cm³/mol. The van der Waals surface area contributed by atoms with Gasteiger partial charge in [-0.3, -0.25) is 9.59 Å². The number of piperidine rings is 2. The lowest BCUT2D eigenvalue weighted by atomic mass is 9.93. The van der Waals surface area contributed by atoms with Crippen molar-refractivity contribution in [1.82, 2.24) is 10.2 Å². The van der Waals surface area contributed by atoms with Crippen molar-refractivity contribution in [3.63, 3.8) is 0 Å². The Morgan fingerprint density at radius 2 is 1.90 bits per heavy atom. The van der Waals surface area contributed by atoms with Crippen molar-refractivity contribution in [2.45, 2.75) is 57.4 Å². The van der Waals surface area contributed by atoms with Crippen LogP contribution in [0.4, 0.5) is 0 Å². The highest BCUT2D eigenvalue weighted by Crippen LogP contribution is 2.21. The molecular formula is C15H26N2O3. The van der Waals surface area contributed by atoms with Crippen LogP contribution in [0.1, 0.15) is 51.4 Å². The summed E-state index contributed by atoms with van der Waals surface area (Å²) < 4.78 is 0. The molecule has 1 unspecified atom stereocenters. The number of likely N-dealkylation sites (tertiary alicyclic amines) is 1. The Morgan fingerprint density at radius 3 is 2.50 bits per heavy atom. The average Bonchev–Trinajstić information content (AvgIpc) is 2.46. The van der Waals surface area contributed by atoms with Crippen molar-refractivity contribution in [3.8, 4) is 0 Å². The van der Waals surface area contributed by atoms with Gasteiger partial charge >= 0.3 is 5.97 Å². The van der Waals surface area contributed by atoms with Gasteiger partial charge in [0.15, 0.2) is 0 Å². The third-order valence-corrected chi connectivity index (χ3v) is 4.55. The Balaban J connectivity index is 1.65.